The number of nitrogens with zero attached hydrogens (tertiary/aromatic N) is 1. The van der Waals surface area contributed by atoms with Crippen molar-refractivity contribution in [1.82, 2.24) is 4.57 Å². The standard InChI is InChI=1S/C23H23NO4/c1-13(2)20-9-16-7-15(6-5-14-3-4-14)17(12-25)8-18(16)21-10-22(26)19(23(27)28)11-24(20)21/h7-8,10-11,13-14,20,25H,3-4,9,12H2,1-2H3,(H,27,28). The van der Waals surface area contributed by atoms with Crippen LogP contribution in [-0.2, 0) is 13.0 Å². The monoisotopic (exact) mass is 377 g/mol. The third kappa shape index (κ3) is 3.25. The van der Waals surface area contributed by atoms with E-state index < -0.39 is 11.4 Å². The molecule has 1 saturated carbocycles. The van der Waals surface area contributed by atoms with Crippen LogP contribution >= 0.6 is 0 Å². The lowest BCUT2D eigenvalue weighted by molar-refractivity contribution is 0.0694. The number of hydrogen-bond acceptors (Lipinski definition) is 3. The highest BCUT2D eigenvalue weighted by atomic mass is 16.4. The topological polar surface area (TPSA) is 79.5 Å². The van der Waals surface area contributed by atoms with E-state index in [9.17, 15) is 19.8 Å². The van der Waals surface area contributed by atoms with Gasteiger partial charge >= 0.3 is 5.97 Å². The van der Waals surface area contributed by atoms with Crippen molar-refractivity contribution in [2.45, 2.75) is 45.8 Å². The van der Waals surface area contributed by atoms with Gasteiger partial charge in [0.25, 0.3) is 0 Å². The summed E-state index contributed by atoms with van der Waals surface area (Å²) in [6, 6.07) is 5.39. The zero-order chi connectivity index (χ0) is 20.0. The van der Waals surface area contributed by atoms with Crippen LogP contribution in [0, 0.1) is 23.7 Å². The van der Waals surface area contributed by atoms with Crippen molar-refractivity contribution in [3.8, 4) is 23.1 Å². The highest BCUT2D eigenvalue weighted by Crippen LogP contribution is 2.38. The first-order valence-electron chi connectivity index (χ1n) is 9.67. The van der Waals surface area contributed by atoms with E-state index in [-0.39, 0.29) is 24.1 Å². The Morgan fingerprint density at radius 3 is 2.64 bits per heavy atom. The molecule has 0 bridgehead atoms. The highest BCUT2D eigenvalue weighted by Gasteiger charge is 2.28. The first kappa shape index (κ1) is 18.5. The van der Waals surface area contributed by atoms with Crippen LogP contribution in [0.2, 0.25) is 0 Å². The predicted octanol–water partition coefficient (Wildman–Crippen LogP) is 3.22. The summed E-state index contributed by atoms with van der Waals surface area (Å²) in [7, 11) is 0. The number of aromatic carboxylic acids is 1. The van der Waals surface area contributed by atoms with Crippen LogP contribution in [0.15, 0.2) is 29.2 Å². The lowest BCUT2D eigenvalue weighted by atomic mass is 9.85. The van der Waals surface area contributed by atoms with Crippen molar-refractivity contribution in [2.75, 3.05) is 0 Å². The van der Waals surface area contributed by atoms with Crippen molar-refractivity contribution >= 4 is 5.97 Å². The van der Waals surface area contributed by atoms with Crippen molar-refractivity contribution < 1.29 is 15.0 Å². The zero-order valence-electron chi connectivity index (χ0n) is 16.0. The summed E-state index contributed by atoms with van der Waals surface area (Å²) in [6.45, 7) is 4.05. The van der Waals surface area contributed by atoms with E-state index in [0.717, 1.165) is 41.5 Å². The van der Waals surface area contributed by atoms with E-state index in [1.54, 1.807) is 0 Å². The van der Waals surface area contributed by atoms with Crippen molar-refractivity contribution in [3.63, 3.8) is 0 Å². The molecule has 28 heavy (non-hydrogen) atoms. The highest BCUT2D eigenvalue weighted by molar-refractivity contribution is 5.87. The molecule has 1 unspecified atom stereocenters. The lowest BCUT2D eigenvalue weighted by Gasteiger charge is -2.33. The third-order valence-electron chi connectivity index (χ3n) is 5.63. The van der Waals surface area contributed by atoms with Gasteiger partial charge in [-0.1, -0.05) is 25.7 Å². The molecular formula is C23H23NO4. The Bertz CT molecular complexity index is 1080. The number of benzene rings is 1. The number of hydrogen-bond donors (Lipinski definition) is 2. The van der Waals surface area contributed by atoms with Crippen molar-refractivity contribution in [2.24, 2.45) is 11.8 Å². The van der Waals surface area contributed by atoms with Gasteiger partial charge in [0.05, 0.1) is 12.3 Å². The van der Waals surface area contributed by atoms with Gasteiger partial charge in [-0.15, -0.1) is 0 Å². The predicted molar refractivity (Wildman–Crippen MR) is 106 cm³/mol. The Labute approximate surface area is 163 Å². The minimum absolute atomic E-state index is 0.0467. The Balaban J connectivity index is 1.92. The van der Waals surface area contributed by atoms with E-state index in [0.29, 0.717) is 11.6 Å². The Morgan fingerprint density at radius 1 is 1.29 bits per heavy atom. The molecule has 0 radical (unpaired) electrons. The number of aliphatic hydroxyl groups is 1. The molecule has 4 rings (SSSR count). The van der Waals surface area contributed by atoms with Gasteiger partial charge in [-0.2, -0.15) is 0 Å². The maximum absolute atomic E-state index is 12.4. The normalized spacial score (nSPS) is 17.5. The van der Waals surface area contributed by atoms with Gasteiger partial charge in [0, 0.05) is 35.3 Å². The molecular weight excluding hydrogens is 354 g/mol. The van der Waals surface area contributed by atoms with Crippen LogP contribution in [0.5, 0.6) is 0 Å². The van der Waals surface area contributed by atoms with E-state index in [1.165, 1.54) is 12.3 Å². The summed E-state index contributed by atoms with van der Waals surface area (Å²) in [4.78, 5) is 23.8. The van der Waals surface area contributed by atoms with Crippen LogP contribution < -0.4 is 5.43 Å². The SMILES string of the molecule is CC(C)C1Cc2cc(C#CC3CC3)c(CO)cc2-c2cc(=O)c(C(=O)O)cn21. The summed E-state index contributed by atoms with van der Waals surface area (Å²) >= 11 is 0. The van der Waals surface area contributed by atoms with E-state index >= 15 is 0 Å². The summed E-state index contributed by atoms with van der Waals surface area (Å²) in [6.07, 6.45) is 4.48. The van der Waals surface area contributed by atoms with Crippen LogP contribution in [0.4, 0.5) is 0 Å². The number of carboxylic acid groups (broad SMARTS) is 1. The van der Waals surface area contributed by atoms with Gasteiger partial charge < -0.3 is 14.8 Å². The number of rotatable bonds is 3. The molecule has 2 aromatic rings. The van der Waals surface area contributed by atoms with Gasteiger partial charge in [0.2, 0.25) is 0 Å². The van der Waals surface area contributed by atoms with E-state index in [2.05, 4.69) is 25.7 Å². The first-order chi connectivity index (χ1) is 13.4. The van der Waals surface area contributed by atoms with Gasteiger partial charge in [0.1, 0.15) is 5.56 Å². The van der Waals surface area contributed by atoms with Gasteiger partial charge in [-0.25, -0.2) is 4.79 Å². The molecule has 0 saturated heterocycles. The number of aliphatic hydroxyl groups excluding tert-OH is 1. The molecule has 2 aliphatic rings. The Hall–Kier alpha value is -2.84. The fourth-order valence-corrected chi connectivity index (χ4v) is 3.83. The Kier molecular flexibility index (Phi) is 4.60. The lowest BCUT2D eigenvalue weighted by Crippen LogP contribution is -2.28. The second-order valence-electron chi connectivity index (χ2n) is 8.03. The average Bonchev–Trinajstić information content (AvgIpc) is 3.48. The molecule has 1 atom stereocenters. The van der Waals surface area contributed by atoms with Crippen molar-refractivity contribution in [1.29, 1.82) is 0 Å². The molecule has 1 aliphatic carbocycles. The number of fused-ring (bicyclic) bond motifs is 3. The summed E-state index contributed by atoms with van der Waals surface area (Å²) in [5.41, 5.74) is 3.51. The smallest absolute Gasteiger partial charge is 0.341 e. The molecule has 144 valence electrons. The van der Waals surface area contributed by atoms with Crippen LogP contribution in [0.1, 0.15) is 59.8 Å². The molecule has 0 spiro atoms. The van der Waals surface area contributed by atoms with Crippen LogP contribution in [-0.4, -0.2) is 20.7 Å². The molecule has 2 heterocycles. The van der Waals surface area contributed by atoms with Crippen LogP contribution in [0.3, 0.4) is 0 Å². The van der Waals surface area contributed by atoms with Gasteiger partial charge in [-0.05, 0) is 48.4 Å². The molecule has 2 N–H and O–H groups in total. The number of pyridine rings is 1. The van der Waals surface area contributed by atoms with Gasteiger partial charge in [-0.3, -0.25) is 4.79 Å². The second kappa shape index (κ2) is 6.96. The molecule has 5 heteroatoms. The minimum atomic E-state index is -1.21. The maximum Gasteiger partial charge on any atom is 0.341 e. The molecule has 1 aliphatic heterocycles. The van der Waals surface area contributed by atoms with E-state index in [1.807, 2.05) is 16.7 Å². The second-order valence-corrected chi connectivity index (χ2v) is 8.03. The summed E-state index contributed by atoms with van der Waals surface area (Å²) < 4.78 is 1.91. The van der Waals surface area contributed by atoms with Gasteiger partial charge in [0.15, 0.2) is 5.43 Å². The maximum atomic E-state index is 12.4. The number of aromatic nitrogens is 1. The Morgan fingerprint density at radius 2 is 2.04 bits per heavy atom. The zero-order valence-corrected chi connectivity index (χ0v) is 16.0. The number of carboxylic acids is 1. The molecule has 1 aromatic carbocycles. The molecule has 5 nitrogen and oxygen atoms in total. The summed E-state index contributed by atoms with van der Waals surface area (Å²) in [5, 5.41) is 19.2. The minimum Gasteiger partial charge on any atom is -0.477 e. The third-order valence-corrected chi connectivity index (χ3v) is 5.63. The van der Waals surface area contributed by atoms with Crippen LogP contribution in [0.25, 0.3) is 11.3 Å². The average molecular weight is 377 g/mol. The molecule has 0 amide bonds. The quantitative estimate of drug-likeness (QED) is 0.805. The molecule has 1 aromatic heterocycles. The van der Waals surface area contributed by atoms with Crippen molar-refractivity contribution in [3.05, 3.63) is 56.9 Å². The fraction of sp³-hybridized carbons (Fsp3) is 0.391. The summed E-state index contributed by atoms with van der Waals surface area (Å²) in [5.74, 6) is 6.00. The van der Waals surface area contributed by atoms with E-state index in [4.69, 9.17) is 0 Å². The largest absolute Gasteiger partial charge is 0.477 e. The molecule has 1 fully saturated rings. The fourth-order valence-electron chi connectivity index (χ4n) is 3.83. The number of carbonyl (C=O) groups is 1. The first-order valence-corrected chi connectivity index (χ1v) is 9.67.